The van der Waals surface area contributed by atoms with Crippen LogP contribution in [0.2, 0.25) is 0 Å². The van der Waals surface area contributed by atoms with E-state index in [9.17, 15) is 0 Å². The molecule has 0 unspecified atom stereocenters. The van der Waals surface area contributed by atoms with E-state index in [4.69, 9.17) is 14.1 Å². The molecule has 0 atom stereocenters. The average Bonchev–Trinajstić information content (AvgIpc) is 3.17. The van der Waals surface area contributed by atoms with Crippen LogP contribution in [0.3, 0.4) is 0 Å². The van der Waals surface area contributed by atoms with E-state index >= 15 is 0 Å². The highest BCUT2D eigenvalue weighted by atomic mass is 16.5. The lowest BCUT2D eigenvalue weighted by molar-refractivity contribution is 0.105. The Morgan fingerprint density at radius 1 is 1.31 bits per heavy atom. The van der Waals surface area contributed by atoms with Crippen LogP contribution in [0.1, 0.15) is 45.3 Å². The zero-order chi connectivity index (χ0) is 18.5. The topological polar surface area (TPSA) is 62.0 Å². The summed E-state index contributed by atoms with van der Waals surface area (Å²) in [6.07, 6.45) is 6.41. The lowest BCUT2D eigenvalue weighted by Crippen LogP contribution is -2.39. The van der Waals surface area contributed by atoms with Crippen molar-refractivity contribution in [3.05, 3.63) is 24.2 Å². The van der Waals surface area contributed by atoms with Crippen molar-refractivity contribution in [2.75, 3.05) is 45.9 Å². The zero-order valence-corrected chi connectivity index (χ0v) is 16.5. The molecule has 148 valence electrons. The summed E-state index contributed by atoms with van der Waals surface area (Å²) in [5, 5.41) is 6.75. The summed E-state index contributed by atoms with van der Waals surface area (Å²) in [5.41, 5.74) is 0. The van der Waals surface area contributed by atoms with Crippen molar-refractivity contribution in [2.24, 2.45) is 10.9 Å². The van der Waals surface area contributed by atoms with Crippen molar-refractivity contribution in [2.45, 2.75) is 46.1 Å². The van der Waals surface area contributed by atoms with Gasteiger partial charge in [0.05, 0.1) is 6.26 Å². The van der Waals surface area contributed by atoms with Gasteiger partial charge in [-0.1, -0.05) is 6.92 Å². The molecule has 1 aliphatic heterocycles. The predicted octanol–water partition coefficient (Wildman–Crippen LogP) is 2.86. The Morgan fingerprint density at radius 3 is 2.85 bits per heavy atom. The summed E-state index contributed by atoms with van der Waals surface area (Å²) in [6.45, 7) is 12.0. The third-order valence-electron chi connectivity index (χ3n) is 4.68. The van der Waals surface area contributed by atoms with Crippen molar-refractivity contribution in [3.63, 3.8) is 0 Å². The molecule has 6 heteroatoms. The minimum Gasteiger partial charge on any atom is -0.467 e. The first kappa shape index (κ1) is 20.8. The fourth-order valence-electron chi connectivity index (χ4n) is 3.22. The molecule has 2 N–H and O–H groups in total. The molecule has 2 heterocycles. The molecule has 1 aromatic rings. The van der Waals surface area contributed by atoms with Crippen LogP contribution in [0.5, 0.6) is 0 Å². The maximum absolute atomic E-state index is 5.61. The number of guanidine groups is 1. The molecule has 26 heavy (non-hydrogen) atoms. The van der Waals surface area contributed by atoms with Crippen LogP contribution in [-0.4, -0.2) is 56.7 Å². The Balaban J connectivity index is 1.58. The number of nitrogens with one attached hydrogen (secondary N) is 2. The predicted molar refractivity (Wildman–Crippen MR) is 106 cm³/mol. The van der Waals surface area contributed by atoms with Gasteiger partial charge in [-0.15, -0.1) is 0 Å². The first-order valence-electron chi connectivity index (χ1n) is 10.2. The maximum atomic E-state index is 5.61. The minimum atomic E-state index is 0.540. The van der Waals surface area contributed by atoms with Gasteiger partial charge in [0, 0.05) is 26.2 Å². The highest BCUT2D eigenvalue weighted by Crippen LogP contribution is 2.17. The lowest BCUT2D eigenvalue weighted by Gasteiger charge is -2.31. The third kappa shape index (κ3) is 8.23. The largest absolute Gasteiger partial charge is 0.467 e. The molecule has 0 amide bonds. The molecule has 1 fully saturated rings. The third-order valence-corrected chi connectivity index (χ3v) is 4.68. The fraction of sp³-hybridized carbons (Fsp3) is 0.750. The van der Waals surface area contributed by atoms with Crippen molar-refractivity contribution >= 4 is 5.96 Å². The molecule has 0 radical (unpaired) electrons. The number of hydrogen-bond donors (Lipinski definition) is 2. The van der Waals surface area contributed by atoms with Crippen molar-refractivity contribution in [1.82, 2.24) is 15.5 Å². The smallest absolute Gasteiger partial charge is 0.191 e. The highest BCUT2D eigenvalue weighted by Gasteiger charge is 2.18. The van der Waals surface area contributed by atoms with Gasteiger partial charge in [0.25, 0.3) is 0 Å². The molecule has 0 spiro atoms. The van der Waals surface area contributed by atoms with E-state index in [1.807, 2.05) is 12.1 Å². The van der Waals surface area contributed by atoms with Gasteiger partial charge in [-0.05, 0) is 70.3 Å². The number of piperidine rings is 1. The van der Waals surface area contributed by atoms with Gasteiger partial charge in [0.15, 0.2) is 5.96 Å². The van der Waals surface area contributed by atoms with E-state index in [0.717, 1.165) is 43.7 Å². The van der Waals surface area contributed by atoms with Gasteiger partial charge in [-0.25, -0.2) is 0 Å². The van der Waals surface area contributed by atoms with E-state index < -0.39 is 0 Å². The Kier molecular flexibility index (Phi) is 10.2. The molecular formula is C20H36N4O2. The molecule has 6 nitrogen and oxygen atoms in total. The Labute approximate surface area is 158 Å². The van der Waals surface area contributed by atoms with E-state index in [1.165, 1.54) is 38.9 Å². The summed E-state index contributed by atoms with van der Waals surface area (Å²) in [7, 11) is 0. The Bertz CT molecular complexity index is 482. The number of ether oxygens (including phenoxy) is 1. The van der Waals surface area contributed by atoms with E-state index in [-0.39, 0.29) is 0 Å². The van der Waals surface area contributed by atoms with Gasteiger partial charge >= 0.3 is 0 Å². The van der Waals surface area contributed by atoms with E-state index in [2.05, 4.69) is 29.4 Å². The summed E-state index contributed by atoms with van der Waals surface area (Å²) in [4.78, 5) is 7.36. The molecule has 1 aliphatic rings. The molecule has 2 rings (SSSR count). The highest BCUT2D eigenvalue weighted by molar-refractivity contribution is 5.79. The average molecular weight is 365 g/mol. The van der Waals surface area contributed by atoms with Crippen molar-refractivity contribution < 1.29 is 9.15 Å². The monoisotopic (exact) mass is 364 g/mol. The number of likely N-dealkylation sites (tertiary alicyclic amines) is 1. The SMILES string of the molecule is CCCN1CCC(CN=C(NCC)NCCCOCc2ccco2)CC1. The Hall–Kier alpha value is -1.53. The van der Waals surface area contributed by atoms with Crippen molar-refractivity contribution in [3.8, 4) is 0 Å². The second-order valence-electron chi connectivity index (χ2n) is 6.92. The van der Waals surface area contributed by atoms with Gasteiger partial charge in [0.1, 0.15) is 12.4 Å². The summed E-state index contributed by atoms with van der Waals surface area (Å²) in [5.74, 6) is 2.52. The molecule has 0 bridgehead atoms. The molecule has 0 saturated carbocycles. The molecule has 0 aromatic carbocycles. The number of furan rings is 1. The van der Waals surface area contributed by atoms with Crippen LogP contribution in [0.15, 0.2) is 27.8 Å². The van der Waals surface area contributed by atoms with Crippen LogP contribution in [0.4, 0.5) is 0 Å². The summed E-state index contributed by atoms with van der Waals surface area (Å²) in [6, 6.07) is 3.81. The van der Waals surface area contributed by atoms with E-state index in [0.29, 0.717) is 13.2 Å². The maximum Gasteiger partial charge on any atom is 0.191 e. The normalized spacial score (nSPS) is 16.8. The standard InChI is InChI=1S/C20H36N4O2/c1-3-11-24-12-8-18(9-13-24)16-23-20(21-4-2)22-10-6-14-25-17-19-7-5-15-26-19/h5,7,15,18H,3-4,6,8-14,16-17H2,1-2H3,(H2,21,22,23). The molecular weight excluding hydrogens is 328 g/mol. The lowest BCUT2D eigenvalue weighted by atomic mass is 9.97. The van der Waals surface area contributed by atoms with Crippen molar-refractivity contribution in [1.29, 1.82) is 0 Å². The molecule has 1 saturated heterocycles. The van der Waals surface area contributed by atoms with Gasteiger partial charge in [-0.3, -0.25) is 4.99 Å². The number of rotatable bonds is 11. The second-order valence-corrected chi connectivity index (χ2v) is 6.92. The summed E-state index contributed by atoms with van der Waals surface area (Å²) < 4.78 is 10.9. The first-order chi connectivity index (χ1) is 12.8. The van der Waals surface area contributed by atoms with E-state index in [1.54, 1.807) is 6.26 Å². The van der Waals surface area contributed by atoms with Crippen LogP contribution in [0.25, 0.3) is 0 Å². The number of nitrogens with zero attached hydrogens (tertiary/aromatic N) is 2. The first-order valence-corrected chi connectivity index (χ1v) is 10.2. The minimum absolute atomic E-state index is 0.540. The van der Waals surface area contributed by atoms with Crippen LogP contribution in [0, 0.1) is 5.92 Å². The zero-order valence-electron chi connectivity index (χ0n) is 16.5. The molecule has 1 aromatic heterocycles. The number of aliphatic imine (C=N–C) groups is 1. The fourth-order valence-corrected chi connectivity index (χ4v) is 3.22. The second kappa shape index (κ2) is 12.8. The van der Waals surface area contributed by atoms with Crippen LogP contribution < -0.4 is 10.6 Å². The van der Waals surface area contributed by atoms with Gasteiger partial charge < -0.3 is 24.7 Å². The summed E-state index contributed by atoms with van der Waals surface area (Å²) >= 11 is 0. The Morgan fingerprint density at radius 2 is 2.15 bits per heavy atom. The number of hydrogen-bond acceptors (Lipinski definition) is 4. The van der Waals surface area contributed by atoms with Gasteiger partial charge in [0.2, 0.25) is 0 Å². The quantitative estimate of drug-likeness (QED) is 0.359. The van der Waals surface area contributed by atoms with Crippen LogP contribution >= 0.6 is 0 Å². The molecule has 0 aliphatic carbocycles. The van der Waals surface area contributed by atoms with Crippen LogP contribution in [-0.2, 0) is 11.3 Å². The van der Waals surface area contributed by atoms with Gasteiger partial charge in [-0.2, -0.15) is 0 Å².